The quantitative estimate of drug-likeness (QED) is 0.626. The Morgan fingerprint density at radius 1 is 1.08 bits per heavy atom. The Morgan fingerprint density at radius 2 is 1.73 bits per heavy atom. The van der Waals surface area contributed by atoms with Crippen molar-refractivity contribution < 1.29 is 23.1 Å². The predicted octanol–water partition coefficient (Wildman–Crippen LogP) is 6.08. The van der Waals surface area contributed by atoms with Crippen LogP contribution in [0.2, 0.25) is 10.0 Å². The first-order valence-electron chi connectivity index (χ1n) is 7.42. The minimum Gasteiger partial charge on any atom is -0.400 e. The van der Waals surface area contributed by atoms with Gasteiger partial charge in [-0.3, -0.25) is 4.79 Å². The smallest absolute Gasteiger partial charge is 0.399 e. The van der Waals surface area contributed by atoms with Crippen LogP contribution in [0.25, 0.3) is 6.08 Å². The van der Waals surface area contributed by atoms with Gasteiger partial charge in [0.15, 0.2) is 6.29 Å². The molecule has 2 aromatic carbocycles. The molecule has 0 saturated carbocycles. The first kappa shape index (κ1) is 22.2. The van der Waals surface area contributed by atoms with Crippen LogP contribution in [0.3, 0.4) is 0 Å². The second kappa shape index (κ2) is 9.76. The Labute approximate surface area is 159 Å². The third-order valence-corrected chi connectivity index (χ3v) is 3.95. The Kier molecular flexibility index (Phi) is 8.34. The lowest BCUT2D eigenvalue weighted by Gasteiger charge is -2.18. The van der Waals surface area contributed by atoms with Gasteiger partial charge in [0.2, 0.25) is 0 Å². The fourth-order valence-corrected chi connectivity index (χ4v) is 2.83. The van der Waals surface area contributed by atoms with Crippen LogP contribution in [0.15, 0.2) is 42.5 Å². The second-order valence-electron chi connectivity index (χ2n) is 5.34. The number of halogens is 5. The van der Waals surface area contributed by atoms with Gasteiger partial charge in [0.1, 0.15) is 0 Å². The first-order chi connectivity index (χ1) is 12.2. The van der Waals surface area contributed by atoms with Gasteiger partial charge < -0.3 is 5.11 Å². The van der Waals surface area contributed by atoms with E-state index in [1.807, 2.05) is 0 Å². The molecule has 0 radical (unpaired) electrons. The lowest BCUT2D eigenvalue weighted by molar-refractivity contribution is -0.139. The van der Waals surface area contributed by atoms with Crippen LogP contribution in [-0.2, 0) is 0 Å². The summed E-state index contributed by atoms with van der Waals surface area (Å²) < 4.78 is 40.2. The van der Waals surface area contributed by atoms with Gasteiger partial charge >= 0.3 is 6.18 Å². The maximum Gasteiger partial charge on any atom is 0.399 e. The molecular formula is C19H17Cl2F3O2. The fraction of sp³-hybridized carbons (Fsp3) is 0.211. The number of allylic oxidation sites excluding steroid dienone is 1. The van der Waals surface area contributed by atoms with E-state index in [4.69, 9.17) is 28.3 Å². The van der Waals surface area contributed by atoms with Gasteiger partial charge in [-0.05, 0) is 47.9 Å². The van der Waals surface area contributed by atoms with E-state index >= 15 is 0 Å². The number of carbonyl (C=O) groups excluding carboxylic acids is 1. The van der Waals surface area contributed by atoms with Crippen molar-refractivity contribution in [3.8, 4) is 0 Å². The number of rotatable bonds is 4. The number of hydrogen-bond acceptors (Lipinski definition) is 2. The van der Waals surface area contributed by atoms with Crippen LogP contribution in [0.5, 0.6) is 0 Å². The normalized spacial score (nSPS) is 12.5. The van der Waals surface area contributed by atoms with Crippen LogP contribution in [-0.4, -0.2) is 24.7 Å². The van der Waals surface area contributed by atoms with Crippen molar-refractivity contribution in [3.63, 3.8) is 0 Å². The van der Waals surface area contributed by atoms with Crippen LogP contribution >= 0.6 is 23.2 Å². The Balaban J connectivity index is 0.00000163. The second-order valence-corrected chi connectivity index (χ2v) is 6.18. The molecule has 1 unspecified atom stereocenters. The summed E-state index contributed by atoms with van der Waals surface area (Å²) in [5, 5.41) is 7.44. The van der Waals surface area contributed by atoms with Crippen molar-refractivity contribution in [2.45, 2.75) is 19.0 Å². The topological polar surface area (TPSA) is 37.3 Å². The van der Waals surface area contributed by atoms with E-state index in [1.54, 1.807) is 13.0 Å². The highest BCUT2D eigenvalue weighted by molar-refractivity contribution is 6.33. The average molecular weight is 405 g/mol. The number of hydrogen-bond donors (Lipinski definition) is 1. The van der Waals surface area contributed by atoms with E-state index in [1.165, 1.54) is 36.4 Å². The molecule has 26 heavy (non-hydrogen) atoms. The molecule has 0 amide bonds. The van der Waals surface area contributed by atoms with Crippen molar-refractivity contribution >= 4 is 35.6 Å². The summed E-state index contributed by atoms with van der Waals surface area (Å²) in [6.07, 6.45) is -1.49. The van der Waals surface area contributed by atoms with Gasteiger partial charge in [-0.15, -0.1) is 0 Å². The standard InChI is InChI=1S/C18H13Cl2F3O.CH4O/c1-11-6-14(9-15(19)7-11)16(18(21,22)23)5-3-12-2-4-13(10-24)17(20)8-12;1-2/h2-10,16H,1H3;2H,1H3/b5-3+;. The molecule has 0 aliphatic heterocycles. The zero-order valence-electron chi connectivity index (χ0n) is 14.0. The third kappa shape index (κ3) is 6.16. The maximum absolute atomic E-state index is 13.4. The van der Waals surface area contributed by atoms with Crippen molar-refractivity contribution in [1.82, 2.24) is 0 Å². The molecule has 0 aromatic heterocycles. The van der Waals surface area contributed by atoms with Gasteiger partial charge in [0.25, 0.3) is 0 Å². The lowest BCUT2D eigenvalue weighted by atomic mass is 9.95. The molecule has 0 aliphatic rings. The van der Waals surface area contributed by atoms with E-state index in [-0.39, 0.29) is 21.2 Å². The molecule has 1 atom stereocenters. The van der Waals surface area contributed by atoms with E-state index in [2.05, 4.69) is 0 Å². The maximum atomic E-state index is 13.4. The number of alkyl halides is 3. The summed E-state index contributed by atoms with van der Waals surface area (Å²) in [5.41, 5.74) is 1.48. The molecule has 0 aliphatic carbocycles. The Bertz CT molecular complexity index is 767. The number of aliphatic hydroxyl groups is 1. The van der Waals surface area contributed by atoms with Gasteiger partial charge in [0.05, 0.1) is 10.9 Å². The number of aliphatic hydroxyl groups excluding tert-OH is 1. The molecule has 0 spiro atoms. The van der Waals surface area contributed by atoms with Crippen molar-refractivity contribution in [1.29, 1.82) is 0 Å². The van der Waals surface area contributed by atoms with E-state index in [0.29, 0.717) is 17.4 Å². The summed E-state index contributed by atoms with van der Waals surface area (Å²) in [4.78, 5) is 10.7. The number of aldehydes is 1. The lowest BCUT2D eigenvalue weighted by Crippen LogP contribution is -2.19. The van der Waals surface area contributed by atoms with Crippen molar-refractivity contribution in [2.75, 3.05) is 7.11 Å². The predicted molar refractivity (Wildman–Crippen MR) is 99.0 cm³/mol. The minimum absolute atomic E-state index is 0.0689. The van der Waals surface area contributed by atoms with Gasteiger partial charge in [-0.1, -0.05) is 47.5 Å². The monoisotopic (exact) mass is 404 g/mol. The van der Waals surface area contributed by atoms with Gasteiger partial charge in [0, 0.05) is 17.7 Å². The fourth-order valence-electron chi connectivity index (χ4n) is 2.30. The van der Waals surface area contributed by atoms with Crippen LogP contribution in [0, 0.1) is 6.92 Å². The zero-order chi connectivity index (χ0) is 19.9. The molecule has 7 heteroatoms. The summed E-state index contributed by atoms with van der Waals surface area (Å²) >= 11 is 11.8. The molecule has 0 fully saturated rings. The van der Waals surface area contributed by atoms with E-state index < -0.39 is 12.1 Å². The van der Waals surface area contributed by atoms with Crippen LogP contribution in [0.4, 0.5) is 13.2 Å². The molecule has 1 N–H and O–H groups in total. The minimum atomic E-state index is -4.46. The van der Waals surface area contributed by atoms with E-state index in [0.717, 1.165) is 13.2 Å². The molecule has 2 rings (SSSR count). The Hall–Kier alpha value is -1.82. The molecule has 0 saturated heterocycles. The number of aryl methyl sites for hydroxylation is 1. The molecule has 0 bridgehead atoms. The Morgan fingerprint density at radius 3 is 2.23 bits per heavy atom. The summed E-state index contributed by atoms with van der Waals surface area (Å²) in [6, 6.07) is 8.79. The highest BCUT2D eigenvalue weighted by Crippen LogP contribution is 2.37. The molecule has 2 aromatic rings. The summed E-state index contributed by atoms with van der Waals surface area (Å²) in [7, 11) is 1.00. The van der Waals surface area contributed by atoms with Crippen LogP contribution < -0.4 is 0 Å². The highest BCUT2D eigenvalue weighted by Gasteiger charge is 2.39. The third-order valence-electron chi connectivity index (χ3n) is 3.41. The summed E-state index contributed by atoms with van der Waals surface area (Å²) in [6.45, 7) is 1.68. The van der Waals surface area contributed by atoms with Crippen molar-refractivity contribution in [2.24, 2.45) is 0 Å². The molecule has 2 nitrogen and oxygen atoms in total. The molecule has 0 heterocycles. The van der Waals surface area contributed by atoms with Gasteiger partial charge in [-0.2, -0.15) is 13.2 Å². The van der Waals surface area contributed by atoms with Crippen LogP contribution in [0.1, 0.15) is 33.0 Å². The summed E-state index contributed by atoms with van der Waals surface area (Å²) in [5.74, 6) is -1.79. The number of carbonyl (C=O) groups is 1. The van der Waals surface area contributed by atoms with E-state index in [9.17, 15) is 18.0 Å². The molecular weight excluding hydrogens is 388 g/mol. The zero-order valence-corrected chi connectivity index (χ0v) is 15.5. The average Bonchev–Trinajstić information content (AvgIpc) is 2.55. The largest absolute Gasteiger partial charge is 0.400 e. The number of benzene rings is 2. The highest BCUT2D eigenvalue weighted by atomic mass is 35.5. The van der Waals surface area contributed by atoms with Gasteiger partial charge in [-0.25, -0.2) is 0 Å². The van der Waals surface area contributed by atoms with Crippen molar-refractivity contribution in [3.05, 3.63) is 74.8 Å². The first-order valence-corrected chi connectivity index (χ1v) is 8.18. The molecule has 140 valence electrons. The SMILES string of the molecule is CO.Cc1cc(Cl)cc(C(/C=C/c2ccc(C=O)c(Cl)c2)C(F)(F)F)c1.